The Bertz CT molecular complexity index is 474. The molecule has 0 spiro atoms. The van der Waals surface area contributed by atoms with E-state index in [0.717, 1.165) is 31.5 Å². The van der Waals surface area contributed by atoms with E-state index < -0.39 is 6.10 Å². The molecule has 5 heteroatoms. The zero-order chi connectivity index (χ0) is 16.7. The van der Waals surface area contributed by atoms with E-state index in [9.17, 15) is 9.90 Å². The quantitative estimate of drug-likeness (QED) is 0.830. The first-order valence-corrected chi connectivity index (χ1v) is 8.34. The molecule has 23 heavy (non-hydrogen) atoms. The molecule has 0 saturated carbocycles. The summed E-state index contributed by atoms with van der Waals surface area (Å²) in [4.78, 5) is 16.9. The molecule has 2 rings (SSSR count). The Morgan fingerprint density at radius 1 is 1.26 bits per heavy atom. The number of ether oxygens (including phenoxy) is 1. The van der Waals surface area contributed by atoms with Crippen molar-refractivity contribution in [3.63, 3.8) is 0 Å². The molecule has 1 N–H and O–H groups in total. The number of aliphatic hydroxyl groups excluding tert-OH is 1. The lowest BCUT2D eigenvalue weighted by Crippen LogP contribution is -2.46. The van der Waals surface area contributed by atoms with Crippen LogP contribution < -0.4 is 0 Å². The summed E-state index contributed by atoms with van der Waals surface area (Å²) in [6.07, 6.45) is 2.74. The Morgan fingerprint density at radius 2 is 1.91 bits per heavy atom. The fourth-order valence-electron chi connectivity index (χ4n) is 3.19. The van der Waals surface area contributed by atoms with Crippen LogP contribution in [0.2, 0.25) is 0 Å². The molecule has 1 aromatic rings. The van der Waals surface area contributed by atoms with Gasteiger partial charge in [-0.15, -0.1) is 0 Å². The van der Waals surface area contributed by atoms with Crippen LogP contribution in [0, 0.1) is 0 Å². The average molecular weight is 320 g/mol. The van der Waals surface area contributed by atoms with Gasteiger partial charge in [0, 0.05) is 26.7 Å². The van der Waals surface area contributed by atoms with Crippen molar-refractivity contribution in [1.29, 1.82) is 0 Å². The van der Waals surface area contributed by atoms with E-state index in [1.165, 1.54) is 6.42 Å². The second-order valence-corrected chi connectivity index (χ2v) is 6.25. The Balaban J connectivity index is 2.15. The number of carbonyl (C=O) groups excluding carboxylic acids is 1. The number of carbonyl (C=O) groups is 1. The molecular formula is C18H28N2O3. The summed E-state index contributed by atoms with van der Waals surface area (Å²) in [6.45, 7) is 2.32. The molecule has 2 atom stereocenters. The fraction of sp³-hybridized carbons (Fsp3) is 0.611. The summed E-state index contributed by atoms with van der Waals surface area (Å²) in [5.74, 6) is 0.128. The van der Waals surface area contributed by atoms with Crippen LogP contribution in [0.4, 0.5) is 0 Å². The molecule has 1 fully saturated rings. The minimum absolute atomic E-state index is 0.128. The van der Waals surface area contributed by atoms with Crippen LogP contribution in [-0.2, 0) is 9.53 Å². The molecule has 0 bridgehead atoms. The third-order valence-electron chi connectivity index (χ3n) is 4.32. The van der Waals surface area contributed by atoms with Gasteiger partial charge in [0.15, 0.2) is 0 Å². The maximum atomic E-state index is 13.1. The van der Waals surface area contributed by atoms with E-state index >= 15 is 0 Å². The summed E-state index contributed by atoms with van der Waals surface area (Å²) in [7, 11) is 3.45. The molecule has 1 aromatic carbocycles. The van der Waals surface area contributed by atoms with E-state index in [1.54, 1.807) is 7.11 Å². The number of piperidine rings is 1. The van der Waals surface area contributed by atoms with Gasteiger partial charge in [0.05, 0.1) is 12.7 Å². The lowest BCUT2D eigenvalue weighted by Gasteiger charge is -2.35. The van der Waals surface area contributed by atoms with E-state index in [0.29, 0.717) is 6.54 Å². The molecule has 0 radical (unpaired) electrons. The van der Waals surface area contributed by atoms with Crippen LogP contribution >= 0.6 is 0 Å². The summed E-state index contributed by atoms with van der Waals surface area (Å²) >= 11 is 0. The van der Waals surface area contributed by atoms with Gasteiger partial charge in [-0.05, 0) is 31.9 Å². The Kier molecular flexibility index (Phi) is 7.02. The first-order chi connectivity index (χ1) is 11.1. The van der Waals surface area contributed by atoms with Crippen molar-refractivity contribution in [3.8, 4) is 0 Å². The van der Waals surface area contributed by atoms with Crippen LogP contribution in [0.5, 0.6) is 0 Å². The van der Waals surface area contributed by atoms with Gasteiger partial charge in [-0.25, -0.2) is 0 Å². The number of aliphatic hydroxyl groups is 1. The standard InChI is InChI=1S/C18H28N2O3/c1-19(13-16(21)14-23-2)17(15-9-5-3-6-10-15)18(22)20-11-7-4-8-12-20/h3,5-6,9-10,16-17,21H,4,7-8,11-14H2,1-2H3. The molecule has 1 heterocycles. The zero-order valence-corrected chi connectivity index (χ0v) is 14.1. The van der Waals surface area contributed by atoms with Crippen molar-refractivity contribution in [1.82, 2.24) is 9.80 Å². The first-order valence-electron chi connectivity index (χ1n) is 8.34. The molecule has 1 aliphatic heterocycles. The summed E-state index contributed by atoms with van der Waals surface area (Å²) < 4.78 is 4.99. The molecule has 5 nitrogen and oxygen atoms in total. The minimum Gasteiger partial charge on any atom is -0.389 e. The second-order valence-electron chi connectivity index (χ2n) is 6.25. The van der Waals surface area contributed by atoms with Gasteiger partial charge < -0.3 is 14.7 Å². The molecule has 1 amide bonds. The topological polar surface area (TPSA) is 53.0 Å². The van der Waals surface area contributed by atoms with Crippen molar-refractivity contribution in [3.05, 3.63) is 35.9 Å². The van der Waals surface area contributed by atoms with Gasteiger partial charge in [-0.2, -0.15) is 0 Å². The molecule has 0 aromatic heterocycles. The molecular weight excluding hydrogens is 292 g/mol. The second kappa shape index (κ2) is 9.01. The lowest BCUT2D eigenvalue weighted by atomic mass is 10.0. The smallest absolute Gasteiger partial charge is 0.244 e. The average Bonchev–Trinajstić information content (AvgIpc) is 2.57. The minimum atomic E-state index is -0.606. The van der Waals surface area contributed by atoms with Crippen LogP contribution in [0.3, 0.4) is 0 Å². The van der Waals surface area contributed by atoms with Crippen molar-refractivity contribution >= 4 is 5.91 Å². The van der Waals surface area contributed by atoms with Crippen LogP contribution in [-0.4, -0.2) is 67.3 Å². The Morgan fingerprint density at radius 3 is 2.52 bits per heavy atom. The normalized spacial score (nSPS) is 18.0. The number of nitrogens with zero attached hydrogens (tertiary/aromatic N) is 2. The summed E-state index contributed by atoms with van der Waals surface area (Å²) in [5, 5.41) is 10.0. The highest BCUT2D eigenvalue weighted by Crippen LogP contribution is 2.24. The van der Waals surface area contributed by atoms with Gasteiger partial charge in [-0.1, -0.05) is 30.3 Å². The van der Waals surface area contributed by atoms with Crippen molar-refractivity contribution in [2.24, 2.45) is 0 Å². The van der Waals surface area contributed by atoms with Crippen molar-refractivity contribution in [2.75, 3.05) is 40.4 Å². The monoisotopic (exact) mass is 320 g/mol. The maximum absolute atomic E-state index is 13.1. The number of likely N-dealkylation sites (tertiary alicyclic amines) is 1. The predicted molar refractivity (Wildman–Crippen MR) is 90.1 cm³/mol. The Labute approximate surface area is 138 Å². The fourth-order valence-corrected chi connectivity index (χ4v) is 3.19. The number of likely N-dealkylation sites (N-methyl/N-ethyl adjacent to an activating group) is 1. The van der Waals surface area contributed by atoms with Crippen LogP contribution in [0.15, 0.2) is 30.3 Å². The van der Waals surface area contributed by atoms with Crippen molar-refractivity contribution in [2.45, 2.75) is 31.4 Å². The highest BCUT2D eigenvalue weighted by molar-refractivity contribution is 5.83. The number of benzene rings is 1. The van der Waals surface area contributed by atoms with Gasteiger partial charge in [0.1, 0.15) is 6.04 Å². The zero-order valence-electron chi connectivity index (χ0n) is 14.1. The molecule has 1 saturated heterocycles. The SMILES string of the molecule is COCC(O)CN(C)C(C(=O)N1CCCCC1)c1ccccc1. The molecule has 1 aliphatic rings. The van der Waals surface area contributed by atoms with E-state index in [-0.39, 0.29) is 18.6 Å². The number of amides is 1. The van der Waals surface area contributed by atoms with Crippen LogP contribution in [0.1, 0.15) is 30.9 Å². The van der Waals surface area contributed by atoms with E-state index in [4.69, 9.17) is 4.74 Å². The summed E-state index contributed by atoms with van der Waals surface area (Å²) in [5.41, 5.74) is 0.968. The Hall–Kier alpha value is -1.43. The number of methoxy groups -OCH3 is 1. The van der Waals surface area contributed by atoms with Gasteiger partial charge in [0.25, 0.3) is 0 Å². The van der Waals surface area contributed by atoms with Gasteiger partial charge in [0.2, 0.25) is 5.91 Å². The maximum Gasteiger partial charge on any atom is 0.244 e. The highest BCUT2D eigenvalue weighted by Gasteiger charge is 2.30. The number of hydrogen-bond donors (Lipinski definition) is 1. The van der Waals surface area contributed by atoms with Crippen LogP contribution in [0.25, 0.3) is 0 Å². The number of rotatable bonds is 7. The largest absolute Gasteiger partial charge is 0.389 e. The lowest BCUT2D eigenvalue weighted by molar-refractivity contribution is -0.138. The number of hydrogen-bond acceptors (Lipinski definition) is 4. The first kappa shape index (κ1) is 17.9. The molecule has 0 aliphatic carbocycles. The third-order valence-corrected chi connectivity index (χ3v) is 4.32. The summed E-state index contributed by atoms with van der Waals surface area (Å²) in [6, 6.07) is 9.44. The van der Waals surface area contributed by atoms with Gasteiger partial charge in [-0.3, -0.25) is 9.69 Å². The molecule has 128 valence electrons. The third kappa shape index (κ3) is 5.03. The molecule has 2 unspecified atom stereocenters. The van der Waals surface area contributed by atoms with Crippen molar-refractivity contribution < 1.29 is 14.6 Å². The van der Waals surface area contributed by atoms with E-state index in [2.05, 4.69) is 0 Å². The predicted octanol–water partition coefficient (Wildman–Crippen LogP) is 1.68. The highest BCUT2D eigenvalue weighted by atomic mass is 16.5. The van der Waals surface area contributed by atoms with Gasteiger partial charge >= 0.3 is 0 Å². The van der Waals surface area contributed by atoms with E-state index in [1.807, 2.05) is 47.2 Å².